The van der Waals surface area contributed by atoms with E-state index in [1.165, 1.54) is 0 Å². The number of rotatable bonds is 12. The molecule has 2 heterocycles. The van der Waals surface area contributed by atoms with Crippen LogP contribution in [0.25, 0.3) is 10.9 Å². The number of methoxy groups -OCH3 is 1. The number of hydrogen-bond donors (Lipinski definition) is 1. The molecular weight excluding hydrogens is 538 g/mol. The minimum absolute atomic E-state index is 0.0506. The van der Waals surface area contributed by atoms with Gasteiger partial charge >= 0.3 is 5.97 Å². The molecule has 0 spiro atoms. The summed E-state index contributed by atoms with van der Waals surface area (Å²) in [4.78, 5) is 20.3. The van der Waals surface area contributed by atoms with Crippen molar-refractivity contribution in [3.8, 4) is 5.75 Å². The highest BCUT2D eigenvalue weighted by molar-refractivity contribution is 5.88. The molecular formula is C31H37F4N3O3. The minimum atomic E-state index is -1.34. The van der Waals surface area contributed by atoms with Gasteiger partial charge in [-0.1, -0.05) is 0 Å². The molecule has 1 aliphatic heterocycles. The minimum Gasteiger partial charge on any atom is -0.497 e. The summed E-state index contributed by atoms with van der Waals surface area (Å²) in [7, 11) is 5.22. The van der Waals surface area contributed by atoms with Gasteiger partial charge in [0.05, 0.1) is 30.9 Å². The maximum absolute atomic E-state index is 16.1. The summed E-state index contributed by atoms with van der Waals surface area (Å²) in [5, 5.41) is 10.4. The fourth-order valence-corrected chi connectivity index (χ4v) is 5.95. The molecule has 1 unspecified atom stereocenters. The number of carboxylic acid groups (broad SMARTS) is 1. The van der Waals surface area contributed by atoms with E-state index in [-0.39, 0.29) is 24.8 Å². The number of carboxylic acids is 1. The first-order chi connectivity index (χ1) is 19.5. The third kappa shape index (κ3) is 7.28. The Bertz CT molecular complexity index is 1350. The van der Waals surface area contributed by atoms with Crippen molar-refractivity contribution in [1.29, 1.82) is 0 Å². The smallest absolute Gasteiger partial charge is 0.303 e. The number of alkyl halides is 1. The van der Waals surface area contributed by atoms with Gasteiger partial charge in [0.15, 0.2) is 0 Å². The Balaban J connectivity index is 1.43. The van der Waals surface area contributed by atoms with Crippen LogP contribution in [-0.2, 0) is 11.2 Å². The molecule has 1 atom stereocenters. The molecule has 0 bridgehead atoms. The second-order valence-electron chi connectivity index (χ2n) is 11.2. The van der Waals surface area contributed by atoms with E-state index in [1.54, 1.807) is 31.5 Å². The number of aliphatic carboxylic acids is 1. The molecule has 0 aliphatic carbocycles. The van der Waals surface area contributed by atoms with Gasteiger partial charge in [-0.3, -0.25) is 9.78 Å². The topological polar surface area (TPSA) is 65.9 Å². The number of piperidine rings is 1. The first kappa shape index (κ1) is 30.6. The van der Waals surface area contributed by atoms with Gasteiger partial charge in [-0.05, 0) is 81.8 Å². The fourth-order valence-electron chi connectivity index (χ4n) is 5.95. The molecule has 6 nitrogen and oxygen atoms in total. The molecule has 1 saturated heterocycles. The summed E-state index contributed by atoms with van der Waals surface area (Å²) in [5.41, 5.74) is 1.15. The van der Waals surface area contributed by atoms with Crippen LogP contribution in [0, 0.1) is 22.9 Å². The van der Waals surface area contributed by atoms with Crippen LogP contribution < -0.4 is 9.64 Å². The molecule has 1 N–H and O–H groups in total. The lowest BCUT2D eigenvalue weighted by atomic mass is 9.71. The van der Waals surface area contributed by atoms with Crippen molar-refractivity contribution < 1.29 is 32.2 Å². The third-order valence-electron chi connectivity index (χ3n) is 8.27. The summed E-state index contributed by atoms with van der Waals surface area (Å²) in [6.45, 7) is 1.79. The van der Waals surface area contributed by atoms with E-state index in [9.17, 15) is 23.1 Å². The number of hydrogen-bond acceptors (Lipinski definition) is 5. The van der Waals surface area contributed by atoms with Crippen LogP contribution >= 0.6 is 0 Å². The zero-order valence-corrected chi connectivity index (χ0v) is 23.7. The van der Waals surface area contributed by atoms with Crippen molar-refractivity contribution in [1.82, 2.24) is 9.88 Å². The monoisotopic (exact) mass is 575 g/mol. The second-order valence-corrected chi connectivity index (χ2v) is 11.2. The standard InChI is InChI=1S/C31H37F4N3O3/c1-37(2)28-19-36-27-7-6-21(41-3)17-23(27)30(28)24(33)8-9-31(18-29(39)40)10-13-38(14-11-31)12-4-5-22-25(34)15-20(32)16-26(22)35/h6-7,15-17,19,24H,4-5,8-14,18H2,1-3H3,(H,39,40). The number of likely N-dealkylation sites (tertiary alicyclic amines) is 1. The first-order valence-corrected chi connectivity index (χ1v) is 13.9. The predicted molar refractivity (Wildman–Crippen MR) is 151 cm³/mol. The van der Waals surface area contributed by atoms with E-state index in [1.807, 2.05) is 19.0 Å². The summed E-state index contributed by atoms with van der Waals surface area (Å²) >= 11 is 0. The lowest BCUT2D eigenvalue weighted by Gasteiger charge is -2.41. The second kappa shape index (κ2) is 13.1. The fraction of sp³-hybridized carbons (Fsp3) is 0.484. The Morgan fingerprint density at radius 2 is 1.83 bits per heavy atom. The first-order valence-electron chi connectivity index (χ1n) is 13.9. The maximum atomic E-state index is 16.1. The van der Waals surface area contributed by atoms with Crippen molar-refractivity contribution in [2.75, 3.05) is 45.7 Å². The number of nitrogens with zero attached hydrogens (tertiary/aromatic N) is 3. The number of carbonyl (C=O) groups is 1. The van der Waals surface area contributed by atoms with Crippen LogP contribution in [0.5, 0.6) is 5.75 Å². The number of halogens is 4. The molecule has 3 aromatic rings. The number of fused-ring (bicyclic) bond motifs is 1. The van der Waals surface area contributed by atoms with Crippen LogP contribution in [0.3, 0.4) is 0 Å². The van der Waals surface area contributed by atoms with E-state index < -0.39 is 35.0 Å². The van der Waals surface area contributed by atoms with Crippen LogP contribution in [0.4, 0.5) is 23.2 Å². The Kier molecular flexibility index (Phi) is 9.73. The van der Waals surface area contributed by atoms with Gasteiger partial charge in [0, 0.05) is 42.7 Å². The highest BCUT2D eigenvalue weighted by atomic mass is 19.1. The van der Waals surface area contributed by atoms with Crippen molar-refractivity contribution in [3.63, 3.8) is 0 Å². The molecule has 4 rings (SSSR count). The van der Waals surface area contributed by atoms with Gasteiger partial charge in [0.1, 0.15) is 29.4 Å². The molecule has 1 fully saturated rings. The number of benzene rings is 2. The quantitative estimate of drug-likeness (QED) is 0.242. The van der Waals surface area contributed by atoms with E-state index >= 15 is 4.39 Å². The van der Waals surface area contributed by atoms with Crippen LogP contribution in [0.1, 0.15) is 55.8 Å². The molecule has 10 heteroatoms. The third-order valence-corrected chi connectivity index (χ3v) is 8.27. The van der Waals surface area contributed by atoms with Crippen molar-refractivity contribution >= 4 is 22.6 Å². The molecule has 0 radical (unpaired) electrons. The van der Waals surface area contributed by atoms with Gasteiger partial charge in [-0.15, -0.1) is 0 Å². The van der Waals surface area contributed by atoms with Crippen LogP contribution in [-0.4, -0.2) is 61.8 Å². The van der Waals surface area contributed by atoms with Crippen LogP contribution in [0.2, 0.25) is 0 Å². The Morgan fingerprint density at radius 3 is 2.44 bits per heavy atom. The molecule has 2 aromatic carbocycles. The number of pyridine rings is 1. The molecule has 1 aliphatic rings. The van der Waals surface area contributed by atoms with Crippen molar-refractivity contribution in [2.45, 2.75) is 51.1 Å². The average molecular weight is 576 g/mol. The van der Waals surface area contributed by atoms with E-state index in [0.717, 1.165) is 0 Å². The number of ether oxygens (including phenoxy) is 1. The summed E-state index contributed by atoms with van der Waals surface area (Å²) < 4.78 is 62.6. The normalized spacial score (nSPS) is 16.1. The number of anilines is 1. The lowest BCUT2D eigenvalue weighted by Crippen LogP contribution is -2.41. The Labute approximate surface area is 237 Å². The average Bonchev–Trinajstić information content (AvgIpc) is 2.92. The summed E-state index contributed by atoms with van der Waals surface area (Å²) in [6.07, 6.45) is 2.61. The zero-order chi connectivity index (χ0) is 29.7. The molecule has 222 valence electrons. The van der Waals surface area contributed by atoms with Gasteiger partial charge in [-0.2, -0.15) is 0 Å². The predicted octanol–water partition coefficient (Wildman–Crippen LogP) is 6.71. The molecule has 0 amide bonds. The van der Waals surface area contributed by atoms with Crippen LogP contribution in [0.15, 0.2) is 36.5 Å². The molecule has 0 saturated carbocycles. The van der Waals surface area contributed by atoms with E-state index in [2.05, 4.69) is 9.88 Å². The Morgan fingerprint density at radius 1 is 1.15 bits per heavy atom. The summed E-state index contributed by atoms with van der Waals surface area (Å²) in [5.74, 6) is -3.03. The number of aromatic nitrogens is 1. The van der Waals surface area contributed by atoms with Gasteiger partial charge in [-0.25, -0.2) is 17.6 Å². The molecule has 41 heavy (non-hydrogen) atoms. The lowest BCUT2D eigenvalue weighted by molar-refractivity contribution is -0.141. The summed E-state index contributed by atoms with van der Waals surface area (Å²) in [6, 6.07) is 6.73. The Hall–Kier alpha value is -3.40. The SMILES string of the molecule is COc1ccc2ncc(N(C)C)c(C(F)CCC3(CC(=O)O)CCN(CCCc4c(F)cc(F)cc4F)CC3)c2c1. The van der Waals surface area contributed by atoms with E-state index in [0.29, 0.717) is 85.4 Å². The van der Waals surface area contributed by atoms with Gasteiger partial charge in [0.2, 0.25) is 0 Å². The van der Waals surface area contributed by atoms with Gasteiger partial charge in [0.25, 0.3) is 0 Å². The largest absolute Gasteiger partial charge is 0.497 e. The van der Waals surface area contributed by atoms with Gasteiger partial charge < -0.3 is 19.6 Å². The molecule has 1 aromatic heterocycles. The highest BCUT2D eigenvalue weighted by Gasteiger charge is 2.37. The highest BCUT2D eigenvalue weighted by Crippen LogP contribution is 2.44. The maximum Gasteiger partial charge on any atom is 0.303 e. The van der Waals surface area contributed by atoms with E-state index in [4.69, 9.17) is 4.74 Å². The zero-order valence-electron chi connectivity index (χ0n) is 23.7. The van der Waals surface area contributed by atoms with Crippen molar-refractivity contribution in [3.05, 3.63) is 65.1 Å². The van der Waals surface area contributed by atoms with Crippen molar-refractivity contribution in [2.24, 2.45) is 5.41 Å².